The molecule has 0 fully saturated rings. The molecule has 0 spiro atoms. The van der Waals surface area contributed by atoms with Gasteiger partial charge in [0, 0.05) is 10.2 Å². The molecule has 1 aromatic rings. The topological polar surface area (TPSA) is 27.7 Å². The fourth-order valence-electron chi connectivity index (χ4n) is 2.13. The molecule has 1 rings (SSSR count). The predicted octanol–water partition coefficient (Wildman–Crippen LogP) is 5.04. The molecule has 0 aliphatic rings. The summed E-state index contributed by atoms with van der Waals surface area (Å²) in [5.41, 5.74) is 0. The van der Waals surface area contributed by atoms with E-state index in [1.165, 1.54) is 0 Å². The number of hydrogen-bond acceptors (Lipinski definition) is 3. The van der Waals surface area contributed by atoms with Gasteiger partial charge in [-0.3, -0.25) is 0 Å². The summed E-state index contributed by atoms with van der Waals surface area (Å²) in [5.74, 6) is 0. The van der Waals surface area contributed by atoms with Crippen molar-refractivity contribution in [2.75, 3.05) is 0 Å². The first kappa shape index (κ1) is 21.3. The second-order valence-electron chi connectivity index (χ2n) is 8.71. The summed E-state index contributed by atoms with van der Waals surface area (Å²) in [5, 5.41) is 1.68. The van der Waals surface area contributed by atoms with Crippen LogP contribution in [0.1, 0.15) is 0 Å². The highest BCUT2D eigenvalue weighted by Gasteiger charge is 2.52. The summed E-state index contributed by atoms with van der Waals surface area (Å²) in [4.78, 5) is 0. The number of hydrogen-bond donors (Lipinski definition) is 0. The first-order valence-corrected chi connectivity index (χ1v) is 20.3. The third kappa shape index (κ3) is 7.78. The van der Waals surface area contributed by atoms with Crippen LogP contribution >= 0.6 is 11.6 Å². The van der Waals surface area contributed by atoms with E-state index in [1.807, 2.05) is 24.3 Å². The van der Waals surface area contributed by atoms with Gasteiger partial charge in [-0.05, 0) is 71.1 Å². The van der Waals surface area contributed by atoms with Crippen LogP contribution in [0.3, 0.4) is 0 Å². The highest BCUT2D eigenvalue weighted by molar-refractivity contribution is 6.95. The van der Waals surface area contributed by atoms with E-state index in [0.717, 1.165) is 5.19 Å². The van der Waals surface area contributed by atoms with Crippen LogP contribution in [-0.2, 0) is 12.3 Å². The van der Waals surface area contributed by atoms with Crippen molar-refractivity contribution in [2.24, 2.45) is 0 Å². The Morgan fingerprint density at radius 3 is 1.39 bits per heavy atom. The van der Waals surface area contributed by atoms with Crippen LogP contribution < -0.4 is 5.19 Å². The number of rotatable bonds is 7. The van der Waals surface area contributed by atoms with E-state index in [1.54, 1.807) is 0 Å². The zero-order valence-electron chi connectivity index (χ0n) is 15.9. The highest BCUT2D eigenvalue weighted by Crippen LogP contribution is 2.26. The van der Waals surface area contributed by atoms with E-state index < -0.39 is 33.8 Å². The third-order valence-corrected chi connectivity index (χ3v) is 14.3. The fourth-order valence-corrected chi connectivity index (χ4v) is 15.8. The average Bonchev–Trinajstić information content (AvgIpc) is 2.21. The number of benzene rings is 1. The Bertz CT molecular complexity index is 492. The Morgan fingerprint density at radius 1 is 0.696 bits per heavy atom. The van der Waals surface area contributed by atoms with E-state index in [-0.39, 0.29) is 0 Å². The van der Waals surface area contributed by atoms with Crippen molar-refractivity contribution < 1.29 is 12.3 Å². The molecule has 0 radical (unpaired) electrons. The molecule has 0 saturated carbocycles. The molecule has 0 aliphatic carbocycles. The van der Waals surface area contributed by atoms with Gasteiger partial charge in [-0.2, -0.15) is 0 Å². The van der Waals surface area contributed by atoms with Gasteiger partial charge in [0.15, 0.2) is 25.0 Å². The van der Waals surface area contributed by atoms with Crippen molar-refractivity contribution in [3.63, 3.8) is 0 Å². The Hall–Kier alpha value is 0.258. The minimum absolute atomic E-state index is 0.692. The molecular formula is C15H31ClO3Si4. The van der Waals surface area contributed by atoms with E-state index in [9.17, 15) is 0 Å². The van der Waals surface area contributed by atoms with Gasteiger partial charge < -0.3 is 12.3 Å². The van der Waals surface area contributed by atoms with E-state index in [2.05, 4.69) is 58.9 Å². The Kier molecular flexibility index (Phi) is 6.71. The van der Waals surface area contributed by atoms with Crippen LogP contribution in [0.2, 0.25) is 63.9 Å². The highest BCUT2D eigenvalue weighted by atomic mass is 35.5. The molecule has 0 aromatic heterocycles. The maximum atomic E-state index is 6.66. The zero-order chi connectivity index (χ0) is 18.1. The lowest BCUT2D eigenvalue weighted by Crippen LogP contribution is -2.67. The molecule has 132 valence electrons. The molecule has 8 heteroatoms. The van der Waals surface area contributed by atoms with E-state index >= 15 is 0 Å². The zero-order valence-corrected chi connectivity index (χ0v) is 20.7. The van der Waals surface area contributed by atoms with Gasteiger partial charge in [0.25, 0.3) is 0 Å². The average molecular weight is 407 g/mol. The van der Waals surface area contributed by atoms with Crippen molar-refractivity contribution in [1.82, 2.24) is 0 Å². The largest absolute Gasteiger partial charge is 0.505 e. The Labute approximate surface area is 151 Å². The van der Waals surface area contributed by atoms with Crippen LogP contribution in [0.4, 0.5) is 0 Å². The van der Waals surface area contributed by atoms with Crippen LogP contribution in [0.15, 0.2) is 24.3 Å². The van der Waals surface area contributed by atoms with Gasteiger partial charge in [0.2, 0.25) is 0 Å². The monoisotopic (exact) mass is 406 g/mol. The molecule has 0 saturated heterocycles. The van der Waals surface area contributed by atoms with Gasteiger partial charge >= 0.3 is 8.80 Å². The minimum atomic E-state index is -3.01. The SMILES string of the molecule is C[Si](C)(C)O[Si](O[Si](C)(C)C)(O[Si](C)(C)C)c1cccc(Cl)c1. The normalized spacial score (nSPS) is 14.2. The summed E-state index contributed by atoms with van der Waals surface area (Å²) in [6.07, 6.45) is 0. The third-order valence-electron chi connectivity index (χ3n) is 2.50. The smallest absolute Gasteiger partial charge is 0.414 e. The standard InChI is InChI=1S/C15H31ClO3Si4/c1-20(2,3)17-23(18-21(4,5)6,19-22(7,8)9)15-12-10-11-14(16)13-15/h10-13H,1-9H3. The van der Waals surface area contributed by atoms with Crippen molar-refractivity contribution in [3.8, 4) is 0 Å². The predicted molar refractivity (Wildman–Crippen MR) is 110 cm³/mol. The maximum absolute atomic E-state index is 6.66. The maximum Gasteiger partial charge on any atom is 0.505 e. The lowest BCUT2D eigenvalue weighted by Gasteiger charge is -2.42. The summed E-state index contributed by atoms with van der Waals surface area (Å²) < 4.78 is 20.0. The Morgan fingerprint density at radius 2 is 1.09 bits per heavy atom. The van der Waals surface area contributed by atoms with Gasteiger partial charge in [-0.25, -0.2) is 0 Å². The van der Waals surface area contributed by atoms with E-state index in [4.69, 9.17) is 23.9 Å². The molecular weight excluding hydrogens is 376 g/mol. The second kappa shape index (κ2) is 7.25. The first-order chi connectivity index (χ1) is 10.1. The summed E-state index contributed by atoms with van der Waals surface area (Å²) >= 11 is 6.25. The minimum Gasteiger partial charge on any atom is -0.414 e. The molecule has 0 unspecified atom stereocenters. The van der Waals surface area contributed by atoms with Crippen molar-refractivity contribution in [1.29, 1.82) is 0 Å². The molecule has 3 nitrogen and oxygen atoms in total. The molecule has 0 N–H and O–H groups in total. The van der Waals surface area contributed by atoms with E-state index in [0.29, 0.717) is 5.02 Å². The van der Waals surface area contributed by atoms with Crippen LogP contribution in [-0.4, -0.2) is 33.8 Å². The fraction of sp³-hybridized carbons (Fsp3) is 0.600. The molecule has 0 aliphatic heterocycles. The molecule has 1 aromatic carbocycles. The van der Waals surface area contributed by atoms with Crippen LogP contribution in [0.25, 0.3) is 0 Å². The van der Waals surface area contributed by atoms with Gasteiger partial charge in [-0.15, -0.1) is 0 Å². The molecule has 0 amide bonds. The summed E-state index contributed by atoms with van der Waals surface area (Å²) in [7, 11) is -8.65. The van der Waals surface area contributed by atoms with Gasteiger partial charge in [0.05, 0.1) is 0 Å². The molecule has 0 bridgehead atoms. The second-order valence-corrected chi connectivity index (χ2v) is 26.0. The first-order valence-electron chi connectivity index (χ1n) is 7.99. The summed E-state index contributed by atoms with van der Waals surface area (Å²) in [6.45, 7) is 19.6. The summed E-state index contributed by atoms with van der Waals surface area (Å²) in [6, 6.07) is 7.82. The van der Waals surface area contributed by atoms with Crippen molar-refractivity contribution in [2.45, 2.75) is 58.9 Å². The lowest BCUT2D eigenvalue weighted by atomic mass is 10.4. The Balaban J connectivity index is 3.50. The van der Waals surface area contributed by atoms with Crippen LogP contribution in [0, 0.1) is 0 Å². The quantitative estimate of drug-likeness (QED) is 0.593. The van der Waals surface area contributed by atoms with Crippen LogP contribution in [0.5, 0.6) is 0 Å². The van der Waals surface area contributed by atoms with Crippen molar-refractivity contribution >= 4 is 50.5 Å². The molecule has 23 heavy (non-hydrogen) atoms. The lowest BCUT2D eigenvalue weighted by molar-refractivity contribution is 0.273. The molecule has 0 atom stereocenters. The number of halogens is 1. The van der Waals surface area contributed by atoms with Gasteiger partial charge in [0.1, 0.15) is 0 Å². The molecule has 0 heterocycles. The van der Waals surface area contributed by atoms with Crippen molar-refractivity contribution in [3.05, 3.63) is 29.3 Å². The van der Waals surface area contributed by atoms with Gasteiger partial charge in [-0.1, -0.05) is 23.7 Å².